The lowest BCUT2D eigenvalue weighted by Gasteiger charge is -2.34. The highest BCUT2D eigenvalue weighted by atomic mass is 35.5. The number of amides is 2. The van der Waals surface area contributed by atoms with Crippen molar-refractivity contribution in [3.63, 3.8) is 0 Å². The van der Waals surface area contributed by atoms with Crippen molar-refractivity contribution < 1.29 is 14.3 Å². The lowest BCUT2D eigenvalue weighted by Crippen LogP contribution is -2.50. The molecule has 4 rings (SSSR count). The average Bonchev–Trinajstić information content (AvgIpc) is 2.81. The highest BCUT2D eigenvalue weighted by molar-refractivity contribution is 6.33. The van der Waals surface area contributed by atoms with E-state index in [0.717, 1.165) is 5.75 Å². The van der Waals surface area contributed by atoms with Crippen molar-refractivity contribution in [1.82, 2.24) is 9.80 Å². The number of carbonyl (C=O) groups excluding carboxylic acids is 2. The van der Waals surface area contributed by atoms with Crippen LogP contribution in [0.5, 0.6) is 11.5 Å². The van der Waals surface area contributed by atoms with E-state index in [1.165, 1.54) is 0 Å². The molecule has 0 unspecified atom stereocenters. The second-order valence-electron chi connectivity index (χ2n) is 7.54. The maximum Gasteiger partial charge on any atom is 0.254 e. The minimum Gasteiger partial charge on any atom is -0.457 e. The Hall–Kier alpha value is -3.35. The SMILES string of the molecule is O=C(CN1CCN(C(=O)c2cccc(Oc3ccccc3)c2)CC1)Nc1ccccc1Cl. The van der Waals surface area contributed by atoms with E-state index in [2.05, 4.69) is 5.32 Å². The first-order valence-corrected chi connectivity index (χ1v) is 10.9. The number of halogens is 1. The van der Waals surface area contributed by atoms with Crippen LogP contribution in [-0.2, 0) is 4.79 Å². The second-order valence-corrected chi connectivity index (χ2v) is 7.95. The van der Waals surface area contributed by atoms with E-state index in [0.29, 0.717) is 48.2 Å². The van der Waals surface area contributed by atoms with Gasteiger partial charge < -0.3 is 15.0 Å². The van der Waals surface area contributed by atoms with Crippen LogP contribution in [0.15, 0.2) is 78.9 Å². The van der Waals surface area contributed by atoms with E-state index in [1.807, 2.05) is 64.4 Å². The van der Waals surface area contributed by atoms with Crippen LogP contribution in [0.2, 0.25) is 5.02 Å². The lowest BCUT2D eigenvalue weighted by molar-refractivity contribution is -0.117. The van der Waals surface area contributed by atoms with Gasteiger partial charge in [-0.15, -0.1) is 0 Å². The van der Waals surface area contributed by atoms with Gasteiger partial charge in [-0.25, -0.2) is 0 Å². The fraction of sp³-hybridized carbons (Fsp3) is 0.200. The third kappa shape index (κ3) is 5.66. The Morgan fingerprint density at radius 3 is 2.28 bits per heavy atom. The number of benzene rings is 3. The van der Waals surface area contributed by atoms with Gasteiger partial charge >= 0.3 is 0 Å². The molecule has 164 valence electrons. The van der Waals surface area contributed by atoms with Crippen LogP contribution in [0, 0.1) is 0 Å². The first kappa shape index (κ1) is 21.9. The smallest absolute Gasteiger partial charge is 0.254 e. The lowest BCUT2D eigenvalue weighted by atomic mass is 10.1. The highest BCUT2D eigenvalue weighted by Crippen LogP contribution is 2.23. The number of anilines is 1. The van der Waals surface area contributed by atoms with Gasteiger partial charge in [-0.1, -0.05) is 48.0 Å². The second kappa shape index (κ2) is 10.3. The van der Waals surface area contributed by atoms with Gasteiger partial charge in [-0.2, -0.15) is 0 Å². The summed E-state index contributed by atoms with van der Waals surface area (Å²) in [6.45, 7) is 2.63. The molecule has 32 heavy (non-hydrogen) atoms. The molecule has 0 radical (unpaired) electrons. The summed E-state index contributed by atoms with van der Waals surface area (Å²) in [6, 6.07) is 23.8. The van der Waals surface area contributed by atoms with Gasteiger partial charge in [0.2, 0.25) is 5.91 Å². The molecule has 6 nitrogen and oxygen atoms in total. The predicted octanol–water partition coefficient (Wildman–Crippen LogP) is 4.53. The Balaban J connectivity index is 1.29. The molecule has 0 bridgehead atoms. The number of nitrogens with one attached hydrogen (secondary N) is 1. The topological polar surface area (TPSA) is 61.9 Å². The molecule has 0 atom stereocenters. The first-order valence-electron chi connectivity index (χ1n) is 10.5. The molecule has 0 spiro atoms. The Labute approximate surface area is 192 Å². The normalized spacial score (nSPS) is 14.1. The Morgan fingerprint density at radius 2 is 1.53 bits per heavy atom. The predicted molar refractivity (Wildman–Crippen MR) is 125 cm³/mol. The summed E-state index contributed by atoms with van der Waals surface area (Å²) in [5, 5.41) is 3.35. The standard InChI is InChI=1S/C25H24ClN3O3/c26-22-11-4-5-12-23(22)27-24(30)18-28-13-15-29(16-14-28)25(31)19-7-6-10-21(17-19)32-20-8-2-1-3-9-20/h1-12,17H,13-16,18H2,(H,27,30). The molecule has 7 heteroatoms. The quantitative estimate of drug-likeness (QED) is 0.600. The minimum atomic E-state index is -0.122. The van der Waals surface area contributed by atoms with Crippen molar-refractivity contribution in [2.45, 2.75) is 0 Å². The maximum absolute atomic E-state index is 13.0. The summed E-state index contributed by atoms with van der Waals surface area (Å²) >= 11 is 6.10. The molecule has 0 aromatic heterocycles. The summed E-state index contributed by atoms with van der Waals surface area (Å²) in [5.41, 5.74) is 1.19. The van der Waals surface area contributed by atoms with Crippen molar-refractivity contribution >= 4 is 29.1 Å². The molecule has 0 aliphatic carbocycles. The zero-order valence-electron chi connectivity index (χ0n) is 17.5. The molecule has 3 aromatic rings. The van der Waals surface area contributed by atoms with Crippen molar-refractivity contribution in [3.8, 4) is 11.5 Å². The minimum absolute atomic E-state index is 0.0383. The van der Waals surface area contributed by atoms with Crippen LogP contribution in [0.1, 0.15) is 10.4 Å². The van der Waals surface area contributed by atoms with Crippen molar-refractivity contribution in [3.05, 3.63) is 89.4 Å². The van der Waals surface area contributed by atoms with Crippen LogP contribution < -0.4 is 10.1 Å². The van der Waals surface area contributed by atoms with E-state index >= 15 is 0 Å². The van der Waals surface area contributed by atoms with Crippen LogP contribution in [0.25, 0.3) is 0 Å². The summed E-state index contributed by atoms with van der Waals surface area (Å²) in [6.07, 6.45) is 0. The number of nitrogens with zero attached hydrogens (tertiary/aromatic N) is 2. The van der Waals surface area contributed by atoms with E-state index in [4.69, 9.17) is 16.3 Å². The molecule has 1 fully saturated rings. The van der Waals surface area contributed by atoms with Crippen molar-refractivity contribution in [1.29, 1.82) is 0 Å². The largest absolute Gasteiger partial charge is 0.457 e. The zero-order valence-corrected chi connectivity index (χ0v) is 18.3. The summed E-state index contributed by atoms with van der Waals surface area (Å²) in [7, 11) is 0. The Bertz CT molecular complexity index is 1080. The molecule has 2 amide bonds. The van der Waals surface area contributed by atoms with Gasteiger partial charge in [0.1, 0.15) is 11.5 Å². The van der Waals surface area contributed by atoms with Gasteiger partial charge in [-0.3, -0.25) is 14.5 Å². The highest BCUT2D eigenvalue weighted by Gasteiger charge is 2.23. The van der Waals surface area contributed by atoms with Crippen LogP contribution in [0.4, 0.5) is 5.69 Å². The fourth-order valence-electron chi connectivity index (χ4n) is 3.56. The van der Waals surface area contributed by atoms with Crippen LogP contribution in [-0.4, -0.2) is 54.3 Å². The molecule has 1 heterocycles. The average molecular weight is 450 g/mol. The Kier molecular flexibility index (Phi) is 7.04. The molecule has 1 aliphatic rings. The van der Waals surface area contributed by atoms with Crippen LogP contribution in [0.3, 0.4) is 0 Å². The number of carbonyl (C=O) groups is 2. The molecule has 3 aromatic carbocycles. The molecule has 1 N–H and O–H groups in total. The van der Waals surface area contributed by atoms with Gasteiger partial charge in [0.25, 0.3) is 5.91 Å². The molecule has 1 aliphatic heterocycles. The number of para-hydroxylation sites is 2. The van der Waals surface area contributed by atoms with Gasteiger partial charge in [0.15, 0.2) is 0 Å². The summed E-state index contributed by atoms with van der Waals surface area (Å²) < 4.78 is 5.84. The van der Waals surface area contributed by atoms with Crippen LogP contribution >= 0.6 is 11.6 Å². The Morgan fingerprint density at radius 1 is 0.844 bits per heavy atom. The molecular weight excluding hydrogens is 426 g/mol. The van der Waals surface area contributed by atoms with Gasteiger partial charge in [0, 0.05) is 31.7 Å². The first-order chi connectivity index (χ1) is 15.6. The van der Waals surface area contributed by atoms with Gasteiger partial charge in [0.05, 0.1) is 17.3 Å². The van der Waals surface area contributed by atoms with E-state index in [1.54, 1.807) is 24.3 Å². The van der Waals surface area contributed by atoms with Crippen molar-refractivity contribution in [2.75, 3.05) is 38.0 Å². The molecule has 0 saturated carbocycles. The third-order valence-corrected chi connectivity index (χ3v) is 5.56. The van der Waals surface area contributed by atoms with E-state index < -0.39 is 0 Å². The number of hydrogen-bond donors (Lipinski definition) is 1. The van der Waals surface area contributed by atoms with Crippen molar-refractivity contribution in [2.24, 2.45) is 0 Å². The number of ether oxygens (including phenoxy) is 1. The molecule has 1 saturated heterocycles. The number of hydrogen-bond acceptors (Lipinski definition) is 4. The summed E-state index contributed by atoms with van der Waals surface area (Å²) in [4.78, 5) is 29.2. The molecular formula is C25H24ClN3O3. The van der Waals surface area contributed by atoms with E-state index in [9.17, 15) is 9.59 Å². The fourth-order valence-corrected chi connectivity index (χ4v) is 3.75. The number of rotatable bonds is 6. The summed E-state index contributed by atoms with van der Waals surface area (Å²) in [5.74, 6) is 1.19. The maximum atomic E-state index is 13.0. The monoisotopic (exact) mass is 449 g/mol. The zero-order chi connectivity index (χ0) is 22.3. The number of piperazine rings is 1. The third-order valence-electron chi connectivity index (χ3n) is 5.23. The van der Waals surface area contributed by atoms with Gasteiger partial charge in [-0.05, 0) is 42.5 Å². The van der Waals surface area contributed by atoms with E-state index in [-0.39, 0.29) is 18.4 Å².